The number of para-hydroxylation sites is 2. The first-order chi connectivity index (χ1) is 12.2. The number of aryl methyl sites for hydroxylation is 1. The lowest BCUT2D eigenvalue weighted by molar-refractivity contribution is -0.153. The Morgan fingerprint density at radius 1 is 1.00 bits per heavy atom. The third-order valence-corrected chi connectivity index (χ3v) is 4.09. The predicted molar refractivity (Wildman–Crippen MR) is 98.0 cm³/mol. The summed E-state index contributed by atoms with van der Waals surface area (Å²) in [5.74, 6) is 0.315. The van der Waals surface area contributed by atoms with Crippen LogP contribution in [0.3, 0.4) is 0 Å². The van der Waals surface area contributed by atoms with Gasteiger partial charge in [0.25, 0.3) is 0 Å². The SMILES string of the molecule is COC(=O)[C@H](OC)[C@@H](CCc1ccccc1)Nc1ccccc1OC. The number of benzene rings is 2. The largest absolute Gasteiger partial charge is 0.495 e. The monoisotopic (exact) mass is 343 g/mol. The van der Waals surface area contributed by atoms with Crippen LogP contribution in [0.4, 0.5) is 5.69 Å². The molecule has 0 aliphatic carbocycles. The van der Waals surface area contributed by atoms with Crippen LogP contribution in [0.2, 0.25) is 0 Å². The average molecular weight is 343 g/mol. The van der Waals surface area contributed by atoms with Crippen molar-refractivity contribution in [1.82, 2.24) is 0 Å². The lowest BCUT2D eigenvalue weighted by atomic mass is 10.0. The van der Waals surface area contributed by atoms with E-state index >= 15 is 0 Å². The maximum Gasteiger partial charge on any atom is 0.337 e. The second-order valence-electron chi connectivity index (χ2n) is 5.65. The topological polar surface area (TPSA) is 56.8 Å². The molecule has 134 valence electrons. The van der Waals surface area contributed by atoms with Crippen LogP contribution in [0.1, 0.15) is 12.0 Å². The minimum Gasteiger partial charge on any atom is -0.495 e. The van der Waals surface area contributed by atoms with Gasteiger partial charge in [0.2, 0.25) is 0 Å². The van der Waals surface area contributed by atoms with Crippen molar-refractivity contribution in [3.63, 3.8) is 0 Å². The first-order valence-corrected chi connectivity index (χ1v) is 8.23. The fraction of sp³-hybridized carbons (Fsp3) is 0.350. The normalized spacial score (nSPS) is 12.9. The minimum atomic E-state index is -0.710. The van der Waals surface area contributed by atoms with Crippen molar-refractivity contribution in [2.45, 2.75) is 25.0 Å². The van der Waals surface area contributed by atoms with Crippen LogP contribution in [0.5, 0.6) is 5.75 Å². The zero-order valence-corrected chi connectivity index (χ0v) is 14.9. The third-order valence-electron chi connectivity index (χ3n) is 4.09. The van der Waals surface area contributed by atoms with Crippen molar-refractivity contribution in [2.24, 2.45) is 0 Å². The van der Waals surface area contributed by atoms with E-state index in [9.17, 15) is 4.79 Å². The average Bonchev–Trinajstić information content (AvgIpc) is 2.67. The molecule has 0 spiro atoms. The van der Waals surface area contributed by atoms with Crippen molar-refractivity contribution < 1.29 is 19.0 Å². The van der Waals surface area contributed by atoms with E-state index in [-0.39, 0.29) is 6.04 Å². The maximum atomic E-state index is 12.1. The van der Waals surface area contributed by atoms with Gasteiger partial charge in [0, 0.05) is 7.11 Å². The van der Waals surface area contributed by atoms with Crippen LogP contribution in [-0.2, 0) is 20.7 Å². The van der Waals surface area contributed by atoms with Crippen molar-refractivity contribution in [3.05, 3.63) is 60.2 Å². The number of hydrogen-bond acceptors (Lipinski definition) is 5. The molecular formula is C20H25NO4. The van der Waals surface area contributed by atoms with Gasteiger partial charge < -0.3 is 19.5 Å². The smallest absolute Gasteiger partial charge is 0.337 e. The van der Waals surface area contributed by atoms with Gasteiger partial charge in [0.05, 0.1) is 25.9 Å². The summed E-state index contributed by atoms with van der Waals surface area (Å²) in [6.45, 7) is 0. The van der Waals surface area contributed by atoms with Gasteiger partial charge in [-0.25, -0.2) is 4.79 Å². The standard InChI is InChI=1S/C20H25NO4/c1-23-18-12-8-7-11-16(18)21-17(19(24-2)20(22)25-3)14-13-15-9-5-4-6-10-15/h4-12,17,19,21H,13-14H2,1-3H3/t17-,19-/m1/s1. The first-order valence-electron chi connectivity index (χ1n) is 8.23. The van der Waals surface area contributed by atoms with Gasteiger partial charge in [-0.05, 0) is 30.5 Å². The molecule has 0 saturated carbocycles. The molecule has 1 N–H and O–H groups in total. The molecule has 0 radical (unpaired) electrons. The summed E-state index contributed by atoms with van der Waals surface area (Å²) in [6.07, 6.45) is 0.804. The lowest BCUT2D eigenvalue weighted by Gasteiger charge is -2.27. The summed E-state index contributed by atoms with van der Waals surface area (Å²) < 4.78 is 15.7. The Hall–Kier alpha value is -2.53. The quantitative estimate of drug-likeness (QED) is 0.708. The fourth-order valence-corrected chi connectivity index (χ4v) is 2.77. The number of hydrogen-bond donors (Lipinski definition) is 1. The van der Waals surface area contributed by atoms with Crippen molar-refractivity contribution >= 4 is 11.7 Å². The van der Waals surface area contributed by atoms with E-state index < -0.39 is 12.1 Å². The Labute approximate surface area is 148 Å². The molecule has 0 amide bonds. The molecular weight excluding hydrogens is 318 g/mol. The highest BCUT2D eigenvalue weighted by Gasteiger charge is 2.29. The molecule has 0 bridgehead atoms. The molecule has 2 rings (SSSR count). The Morgan fingerprint density at radius 2 is 1.68 bits per heavy atom. The molecule has 5 heteroatoms. The molecule has 0 saturated heterocycles. The van der Waals surface area contributed by atoms with Crippen molar-refractivity contribution in [2.75, 3.05) is 26.6 Å². The van der Waals surface area contributed by atoms with Gasteiger partial charge in [-0.15, -0.1) is 0 Å². The molecule has 0 aliphatic heterocycles. The summed E-state index contributed by atoms with van der Waals surface area (Å²) in [4.78, 5) is 12.1. The highest BCUT2D eigenvalue weighted by molar-refractivity contribution is 5.76. The summed E-state index contributed by atoms with van der Waals surface area (Å²) in [5, 5.41) is 3.38. The van der Waals surface area contributed by atoms with Crippen LogP contribution < -0.4 is 10.1 Å². The predicted octanol–water partition coefficient (Wildman–Crippen LogP) is 3.30. The summed E-state index contributed by atoms with van der Waals surface area (Å²) in [5.41, 5.74) is 2.02. The lowest BCUT2D eigenvalue weighted by Crippen LogP contribution is -2.42. The molecule has 2 aromatic rings. The van der Waals surface area contributed by atoms with E-state index in [1.54, 1.807) is 7.11 Å². The first kappa shape index (κ1) is 18.8. The molecule has 0 heterocycles. The van der Waals surface area contributed by atoms with E-state index in [1.807, 2.05) is 42.5 Å². The Bertz CT molecular complexity index is 660. The number of methoxy groups -OCH3 is 3. The number of nitrogens with one attached hydrogen (secondary N) is 1. The number of carbonyl (C=O) groups excluding carboxylic acids is 1. The minimum absolute atomic E-state index is 0.256. The molecule has 2 aromatic carbocycles. The van der Waals surface area contributed by atoms with Gasteiger partial charge in [-0.3, -0.25) is 0 Å². The molecule has 0 aliphatic rings. The van der Waals surface area contributed by atoms with Crippen LogP contribution in [0.25, 0.3) is 0 Å². The fourth-order valence-electron chi connectivity index (χ4n) is 2.77. The van der Waals surface area contributed by atoms with E-state index in [2.05, 4.69) is 17.4 Å². The van der Waals surface area contributed by atoms with Crippen LogP contribution in [0.15, 0.2) is 54.6 Å². The third kappa shape index (κ3) is 5.22. The van der Waals surface area contributed by atoms with E-state index in [0.29, 0.717) is 12.2 Å². The van der Waals surface area contributed by atoms with Crippen LogP contribution in [-0.4, -0.2) is 39.4 Å². The molecule has 25 heavy (non-hydrogen) atoms. The van der Waals surface area contributed by atoms with Gasteiger partial charge >= 0.3 is 5.97 Å². The molecule has 0 unspecified atom stereocenters. The number of esters is 1. The zero-order valence-electron chi connectivity index (χ0n) is 14.9. The number of anilines is 1. The molecule has 5 nitrogen and oxygen atoms in total. The van der Waals surface area contributed by atoms with Crippen molar-refractivity contribution in [1.29, 1.82) is 0 Å². The Kier molecular flexibility index (Phi) is 7.29. The summed E-state index contributed by atoms with van der Waals surface area (Å²) in [7, 11) is 4.50. The Morgan fingerprint density at radius 3 is 2.32 bits per heavy atom. The number of rotatable bonds is 9. The van der Waals surface area contributed by atoms with Gasteiger partial charge in [0.15, 0.2) is 6.10 Å². The Balaban J connectivity index is 2.19. The van der Waals surface area contributed by atoms with Crippen molar-refractivity contribution in [3.8, 4) is 5.75 Å². The molecule has 2 atom stereocenters. The van der Waals surface area contributed by atoms with Crippen LogP contribution in [0, 0.1) is 0 Å². The van der Waals surface area contributed by atoms with E-state index in [1.165, 1.54) is 19.8 Å². The highest BCUT2D eigenvalue weighted by atomic mass is 16.6. The number of ether oxygens (including phenoxy) is 3. The highest BCUT2D eigenvalue weighted by Crippen LogP contribution is 2.26. The van der Waals surface area contributed by atoms with Gasteiger partial charge in [-0.2, -0.15) is 0 Å². The van der Waals surface area contributed by atoms with E-state index in [0.717, 1.165) is 12.1 Å². The maximum absolute atomic E-state index is 12.1. The molecule has 0 fully saturated rings. The van der Waals surface area contributed by atoms with E-state index in [4.69, 9.17) is 14.2 Å². The molecule has 0 aromatic heterocycles. The van der Waals surface area contributed by atoms with Crippen LogP contribution >= 0.6 is 0 Å². The zero-order chi connectivity index (χ0) is 18.1. The van der Waals surface area contributed by atoms with Gasteiger partial charge in [0.1, 0.15) is 5.75 Å². The van der Waals surface area contributed by atoms with Gasteiger partial charge in [-0.1, -0.05) is 42.5 Å². The second kappa shape index (κ2) is 9.69. The summed E-state index contributed by atoms with van der Waals surface area (Å²) >= 11 is 0. The number of carbonyl (C=O) groups is 1. The second-order valence-corrected chi connectivity index (χ2v) is 5.65. The summed E-state index contributed by atoms with van der Waals surface area (Å²) in [6, 6.07) is 17.5.